The van der Waals surface area contributed by atoms with E-state index in [0.717, 1.165) is 16.7 Å². The second-order valence-electron chi connectivity index (χ2n) is 10.1. The molecule has 0 bridgehead atoms. The lowest BCUT2D eigenvalue weighted by molar-refractivity contribution is 0.114. The molecule has 0 spiro atoms. The Morgan fingerprint density at radius 1 is 1.00 bits per heavy atom. The van der Waals surface area contributed by atoms with E-state index in [0.29, 0.717) is 40.4 Å². The SMILES string of the molecule is CCc1ccc(-n2c(=O)c3c(CN(C)C)c(-c4ccc(NC(=O)NOC)cc4)sc3n(Cc3c(F)cccc3F)c2=O)nn1. The zero-order chi connectivity index (χ0) is 31.5. The average Bonchev–Trinajstić information content (AvgIpc) is 3.36. The molecule has 14 heteroatoms. The van der Waals surface area contributed by atoms with Crippen molar-refractivity contribution in [2.24, 2.45) is 0 Å². The first-order valence-electron chi connectivity index (χ1n) is 13.5. The predicted molar refractivity (Wildman–Crippen MR) is 164 cm³/mol. The fraction of sp³-hybridized carbons (Fsp3) is 0.233. The minimum Gasteiger partial charge on any atom is -0.306 e. The van der Waals surface area contributed by atoms with Crippen LogP contribution in [0.1, 0.15) is 23.7 Å². The largest absolute Gasteiger partial charge is 0.343 e. The maximum Gasteiger partial charge on any atom is 0.343 e. The second-order valence-corrected chi connectivity index (χ2v) is 11.1. The van der Waals surface area contributed by atoms with E-state index in [1.54, 1.807) is 30.3 Å². The molecule has 0 saturated carbocycles. The van der Waals surface area contributed by atoms with Crippen LogP contribution in [-0.4, -0.2) is 51.5 Å². The smallest absolute Gasteiger partial charge is 0.306 e. The van der Waals surface area contributed by atoms with Gasteiger partial charge in [0.1, 0.15) is 16.5 Å². The van der Waals surface area contributed by atoms with Crippen molar-refractivity contribution < 1.29 is 18.4 Å². The van der Waals surface area contributed by atoms with Gasteiger partial charge in [0.25, 0.3) is 5.56 Å². The number of aryl methyl sites for hydroxylation is 1. The summed E-state index contributed by atoms with van der Waals surface area (Å²) in [7, 11) is 5.00. The van der Waals surface area contributed by atoms with Gasteiger partial charge in [0.05, 0.1) is 24.7 Å². The molecule has 2 amide bonds. The number of nitrogens with zero attached hydrogens (tertiary/aromatic N) is 5. The number of benzene rings is 2. The summed E-state index contributed by atoms with van der Waals surface area (Å²) in [6, 6.07) is 13.0. The Morgan fingerprint density at radius 3 is 2.30 bits per heavy atom. The molecule has 0 aliphatic carbocycles. The summed E-state index contributed by atoms with van der Waals surface area (Å²) in [5, 5.41) is 11.1. The van der Waals surface area contributed by atoms with Gasteiger partial charge in [0.2, 0.25) is 0 Å². The third-order valence-electron chi connectivity index (χ3n) is 6.82. The van der Waals surface area contributed by atoms with Gasteiger partial charge in [-0.15, -0.1) is 16.4 Å². The van der Waals surface area contributed by atoms with Crippen LogP contribution in [0.4, 0.5) is 19.3 Å². The molecule has 3 heterocycles. The highest BCUT2D eigenvalue weighted by Gasteiger charge is 2.25. The summed E-state index contributed by atoms with van der Waals surface area (Å²) in [4.78, 5) is 47.5. The average molecular weight is 622 g/mol. The van der Waals surface area contributed by atoms with E-state index in [-0.39, 0.29) is 21.6 Å². The molecule has 0 saturated heterocycles. The number of hydroxylamine groups is 1. The quantitative estimate of drug-likeness (QED) is 0.235. The summed E-state index contributed by atoms with van der Waals surface area (Å²) in [5.74, 6) is -1.64. The summed E-state index contributed by atoms with van der Waals surface area (Å²) >= 11 is 1.17. The van der Waals surface area contributed by atoms with Gasteiger partial charge in [-0.25, -0.2) is 28.4 Å². The molecule has 0 aliphatic heterocycles. The molecule has 0 fully saturated rings. The first-order valence-corrected chi connectivity index (χ1v) is 14.4. The Kier molecular flexibility index (Phi) is 8.94. The number of rotatable bonds is 9. The van der Waals surface area contributed by atoms with E-state index in [4.69, 9.17) is 0 Å². The third kappa shape index (κ3) is 6.00. The molecular weight excluding hydrogens is 592 g/mol. The fourth-order valence-corrected chi connectivity index (χ4v) is 6.07. The molecule has 0 unspecified atom stereocenters. The Bertz CT molecular complexity index is 1930. The molecule has 0 atom stereocenters. The van der Waals surface area contributed by atoms with Crippen molar-refractivity contribution >= 4 is 33.3 Å². The minimum atomic E-state index is -0.819. The molecule has 228 valence electrons. The zero-order valence-electron chi connectivity index (χ0n) is 24.4. The topological polar surface area (TPSA) is 123 Å². The van der Waals surface area contributed by atoms with E-state index in [2.05, 4.69) is 25.8 Å². The number of carbonyl (C=O) groups excluding carboxylic acids is 1. The van der Waals surface area contributed by atoms with Crippen LogP contribution in [-0.2, 0) is 24.3 Å². The van der Waals surface area contributed by atoms with E-state index < -0.39 is 35.5 Å². The van der Waals surface area contributed by atoms with Crippen LogP contribution in [0.5, 0.6) is 0 Å². The molecule has 3 aromatic heterocycles. The molecule has 5 rings (SSSR count). The van der Waals surface area contributed by atoms with Crippen LogP contribution in [0.2, 0.25) is 0 Å². The van der Waals surface area contributed by atoms with E-state index in [1.165, 1.54) is 35.1 Å². The second kappa shape index (κ2) is 12.8. The number of aromatic nitrogens is 4. The van der Waals surface area contributed by atoms with Crippen LogP contribution < -0.4 is 22.0 Å². The lowest BCUT2D eigenvalue weighted by Crippen LogP contribution is -2.40. The highest BCUT2D eigenvalue weighted by molar-refractivity contribution is 7.22. The van der Waals surface area contributed by atoms with E-state index in [9.17, 15) is 23.2 Å². The van der Waals surface area contributed by atoms with Crippen molar-refractivity contribution in [2.45, 2.75) is 26.4 Å². The molecule has 44 heavy (non-hydrogen) atoms. The van der Waals surface area contributed by atoms with Crippen LogP contribution in [0.25, 0.3) is 26.5 Å². The van der Waals surface area contributed by atoms with Gasteiger partial charge in [-0.3, -0.25) is 14.2 Å². The number of carbonyl (C=O) groups is 1. The highest BCUT2D eigenvalue weighted by atomic mass is 32.1. The molecule has 11 nitrogen and oxygen atoms in total. The van der Waals surface area contributed by atoms with Crippen molar-refractivity contribution in [2.75, 3.05) is 26.5 Å². The lowest BCUT2D eigenvalue weighted by Gasteiger charge is -2.14. The van der Waals surface area contributed by atoms with Gasteiger partial charge >= 0.3 is 11.7 Å². The van der Waals surface area contributed by atoms with Crippen LogP contribution in [0.3, 0.4) is 0 Å². The van der Waals surface area contributed by atoms with Crippen LogP contribution >= 0.6 is 11.3 Å². The van der Waals surface area contributed by atoms with Crippen molar-refractivity contribution in [1.29, 1.82) is 0 Å². The maximum atomic E-state index is 14.9. The van der Waals surface area contributed by atoms with Crippen molar-refractivity contribution in [1.82, 2.24) is 29.7 Å². The zero-order valence-corrected chi connectivity index (χ0v) is 25.2. The van der Waals surface area contributed by atoms with Gasteiger partial charge in [-0.05, 0) is 68.0 Å². The Morgan fingerprint density at radius 2 is 1.70 bits per heavy atom. The number of amides is 2. The van der Waals surface area contributed by atoms with Gasteiger partial charge < -0.3 is 10.2 Å². The fourth-order valence-electron chi connectivity index (χ4n) is 4.77. The van der Waals surface area contributed by atoms with E-state index >= 15 is 0 Å². The number of halogens is 2. The van der Waals surface area contributed by atoms with E-state index in [1.807, 2.05) is 25.9 Å². The molecule has 2 aromatic carbocycles. The number of anilines is 1. The van der Waals surface area contributed by atoms with Crippen molar-refractivity contribution in [3.05, 3.63) is 104 Å². The van der Waals surface area contributed by atoms with Crippen LogP contribution in [0, 0.1) is 11.6 Å². The summed E-state index contributed by atoms with van der Waals surface area (Å²) in [6.45, 7) is 1.75. The van der Waals surface area contributed by atoms with Crippen molar-refractivity contribution in [3.8, 4) is 16.3 Å². The van der Waals surface area contributed by atoms with Crippen molar-refractivity contribution in [3.63, 3.8) is 0 Å². The molecule has 2 N–H and O–H groups in total. The normalized spacial score (nSPS) is 11.3. The number of hydrogen-bond donors (Lipinski definition) is 2. The number of nitrogens with one attached hydrogen (secondary N) is 2. The molecule has 0 radical (unpaired) electrons. The van der Waals surface area contributed by atoms with Gasteiger partial charge in [0, 0.05) is 22.7 Å². The summed E-state index contributed by atoms with van der Waals surface area (Å²) in [5.41, 5.74) is 2.90. The first kappa shape index (κ1) is 30.7. The van der Waals surface area contributed by atoms with Crippen LogP contribution in [0.15, 0.2) is 64.2 Å². The van der Waals surface area contributed by atoms with Gasteiger partial charge in [0.15, 0.2) is 5.82 Å². The number of urea groups is 1. The third-order valence-corrected chi connectivity index (χ3v) is 8.13. The monoisotopic (exact) mass is 621 g/mol. The summed E-state index contributed by atoms with van der Waals surface area (Å²) in [6.07, 6.45) is 0.601. The number of hydrogen-bond acceptors (Lipinski definition) is 8. The Labute approximate surface area is 254 Å². The highest BCUT2D eigenvalue weighted by Crippen LogP contribution is 2.38. The molecule has 5 aromatic rings. The molecule has 0 aliphatic rings. The maximum absolute atomic E-state index is 14.9. The Balaban J connectivity index is 1.79. The predicted octanol–water partition coefficient (Wildman–Crippen LogP) is 4.30. The first-order chi connectivity index (χ1) is 21.1. The lowest BCUT2D eigenvalue weighted by atomic mass is 10.1. The van der Waals surface area contributed by atoms with Gasteiger partial charge in [-0.1, -0.05) is 25.1 Å². The van der Waals surface area contributed by atoms with Gasteiger partial charge in [-0.2, -0.15) is 5.10 Å². The minimum absolute atomic E-state index is 0.00447. The molecular formula is C30H29F2N7O4S. The Hall–Kier alpha value is -4.79. The number of fused-ring (bicyclic) bond motifs is 1. The standard InChI is InChI=1S/C30H29F2N7O4S/c1-5-18-13-14-24(35-34-18)39-27(40)25-21(15-37(2)3)26(17-9-11-19(12-10-17)33-29(41)36-43-4)44-28(25)38(30(39)42)16-20-22(31)7-6-8-23(20)32/h6-14H,5,15-16H2,1-4H3,(H2,33,36,41). The summed E-state index contributed by atoms with van der Waals surface area (Å²) < 4.78 is 31.8. The number of thiophene rings is 1.